The number of hydrogen-bond donors (Lipinski definition) is 0. The molecule has 0 aliphatic heterocycles. The van der Waals surface area contributed by atoms with Gasteiger partial charge in [-0.1, -0.05) is 20.8 Å². The first kappa shape index (κ1) is 16.5. The zero-order valence-electron chi connectivity index (χ0n) is 13.0. The van der Waals surface area contributed by atoms with E-state index >= 15 is 0 Å². The molecule has 7 nitrogen and oxygen atoms in total. The highest BCUT2D eigenvalue weighted by atomic mass is 32.2. The fourth-order valence-electron chi connectivity index (χ4n) is 1.16. The number of rotatable bonds is 1. The molecule has 0 aliphatic rings. The van der Waals surface area contributed by atoms with Crippen molar-refractivity contribution in [1.82, 2.24) is 24.6 Å². The molecule has 1 aromatic heterocycles. The van der Waals surface area contributed by atoms with Gasteiger partial charge in [0.2, 0.25) is 5.16 Å². The predicted molar refractivity (Wildman–Crippen MR) is 78.1 cm³/mol. The van der Waals surface area contributed by atoms with Gasteiger partial charge < -0.3 is 9.80 Å². The molecule has 0 unspecified atom stereocenters. The second kappa shape index (κ2) is 5.82. The van der Waals surface area contributed by atoms with Crippen molar-refractivity contribution < 1.29 is 9.59 Å². The van der Waals surface area contributed by atoms with Crippen LogP contribution in [-0.4, -0.2) is 64.0 Å². The quantitative estimate of drug-likeness (QED) is 0.740. The van der Waals surface area contributed by atoms with Crippen LogP contribution >= 0.6 is 11.8 Å². The number of aromatic nitrogens is 3. The summed E-state index contributed by atoms with van der Waals surface area (Å²) in [6.45, 7) is 5.86. The summed E-state index contributed by atoms with van der Waals surface area (Å²) in [5, 5.41) is 4.32. The zero-order valence-corrected chi connectivity index (χ0v) is 13.8. The van der Waals surface area contributed by atoms with Gasteiger partial charge in [-0.15, -0.1) is 5.10 Å². The van der Waals surface area contributed by atoms with Crippen LogP contribution in [0.1, 0.15) is 26.6 Å². The minimum absolute atomic E-state index is 0.203. The molecule has 112 valence electrons. The van der Waals surface area contributed by atoms with E-state index in [1.54, 1.807) is 28.2 Å². The lowest BCUT2D eigenvalue weighted by Gasteiger charge is -2.13. The standard InChI is InChI=1S/C12H21N5O2S/c1-12(2,3)8-13-9(20-11(19)16(6)7)17(14-8)10(18)15(4)5/h1-7H3. The van der Waals surface area contributed by atoms with Gasteiger partial charge >= 0.3 is 6.03 Å². The topological polar surface area (TPSA) is 71.3 Å². The molecule has 20 heavy (non-hydrogen) atoms. The van der Waals surface area contributed by atoms with E-state index in [1.807, 2.05) is 20.8 Å². The van der Waals surface area contributed by atoms with E-state index in [9.17, 15) is 9.59 Å². The van der Waals surface area contributed by atoms with Crippen molar-refractivity contribution in [3.05, 3.63) is 5.82 Å². The van der Waals surface area contributed by atoms with E-state index in [1.165, 1.54) is 14.5 Å². The maximum atomic E-state index is 12.1. The first-order chi connectivity index (χ1) is 9.04. The van der Waals surface area contributed by atoms with Gasteiger partial charge in [0.15, 0.2) is 5.82 Å². The van der Waals surface area contributed by atoms with Crippen LogP contribution in [0, 0.1) is 0 Å². The molecule has 0 spiro atoms. The second-order valence-electron chi connectivity index (χ2n) is 5.82. The van der Waals surface area contributed by atoms with Gasteiger partial charge in [0, 0.05) is 45.4 Å². The average Bonchev–Trinajstić information content (AvgIpc) is 2.71. The molecule has 0 N–H and O–H groups in total. The molecule has 1 aromatic rings. The third-order valence-corrected chi connectivity index (χ3v) is 3.34. The maximum Gasteiger partial charge on any atom is 0.346 e. The fourth-order valence-corrected chi connectivity index (χ4v) is 1.84. The normalized spacial score (nSPS) is 11.3. The average molecular weight is 299 g/mol. The van der Waals surface area contributed by atoms with Crippen LogP contribution in [0.3, 0.4) is 0 Å². The Morgan fingerprint density at radius 3 is 2.05 bits per heavy atom. The van der Waals surface area contributed by atoms with E-state index in [4.69, 9.17) is 0 Å². The van der Waals surface area contributed by atoms with Crippen LogP contribution in [-0.2, 0) is 5.41 Å². The van der Waals surface area contributed by atoms with E-state index in [0.29, 0.717) is 5.82 Å². The zero-order chi connectivity index (χ0) is 15.7. The summed E-state index contributed by atoms with van der Waals surface area (Å²) in [6, 6.07) is -0.331. The van der Waals surface area contributed by atoms with Gasteiger partial charge in [-0.3, -0.25) is 4.79 Å². The van der Waals surface area contributed by atoms with Gasteiger partial charge in [0.05, 0.1) is 0 Å². The molecule has 1 heterocycles. The van der Waals surface area contributed by atoms with Crippen molar-refractivity contribution in [2.75, 3.05) is 28.2 Å². The molecule has 0 aromatic carbocycles. The first-order valence-corrected chi connectivity index (χ1v) is 6.94. The van der Waals surface area contributed by atoms with Gasteiger partial charge in [-0.2, -0.15) is 4.68 Å². The third-order valence-electron chi connectivity index (χ3n) is 2.36. The Kier molecular flexibility index (Phi) is 4.80. The Hall–Kier alpha value is -1.57. The van der Waals surface area contributed by atoms with E-state index in [0.717, 1.165) is 11.8 Å². The maximum absolute atomic E-state index is 12.1. The van der Waals surface area contributed by atoms with Crippen LogP contribution in [0.25, 0.3) is 0 Å². The lowest BCUT2D eigenvalue weighted by Crippen LogP contribution is -2.29. The van der Waals surface area contributed by atoms with Crippen LogP contribution in [0.2, 0.25) is 0 Å². The highest BCUT2D eigenvalue weighted by molar-refractivity contribution is 8.13. The summed E-state index contributed by atoms with van der Waals surface area (Å²) < 4.78 is 1.17. The summed E-state index contributed by atoms with van der Waals surface area (Å²) in [5.74, 6) is 0.529. The van der Waals surface area contributed by atoms with Crippen molar-refractivity contribution >= 4 is 23.0 Å². The largest absolute Gasteiger partial charge is 0.346 e. The van der Waals surface area contributed by atoms with E-state index < -0.39 is 0 Å². The van der Waals surface area contributed by atoms with Crippen molar-refractivity contribution in [2.45, 2.75) is 31.3 Å². The van der Waals surface area contributed by atoms with Gasteiger partial charge in [0.1, 0.15) is 0 Å². The molecular weight excluding hydrogens is 278 g/mol. The number of carbonyl (C=O) groups excluding carboxylic acids is 2. The predicted octanol–water partition coefficient (Wildman–Crippen LogP) is 1.88. The summed E-state index contributed by atoms with van der Waals surface area (Å²) in [6.07, 6.45) is 0. The molecular formula is C12H21N5O2S. The molecule has 0 radical (unpaired) electrons. The molecule has 2 amide bonds. The smallest absolute Gasteiger partial charge is 0.339 e. The minimum Gasteiger partial charge on any atom is -0.339 e. The second-order valence-corrected chi connectivity index (χ2v) is 6.74. The summed E-state index contributed by atoms with van der Waals surface area (Å²) in [7, 11) is 6.55. The lowest BCUT2D eigenvalue weighted by atomic mass is 9.96. The monoisotopic (exact) mass is 299 g/mol. The van der Waals surface area contributed by atoms with Crippen molar-refractivity contribution in [2.24, 2.45) is 0 Å². The first-order valence-electron chi connectivity index (χ1n) is 6.12. The molecule has 0 saturated carbocycles. The Labute approximate surface area is 123 Å². The van der Waals surface area contributed by atoms with Crippen molar-refractivity contribution in [3.8, 4) is 0 Å². The van der Waals surface area contributed by atoms with E-state index in [-0.39, 0.29) is 21.8 Å². The van der Waals surface area contributed by atoms with Crippen LogP contribution in [0.15, 0.2) is 5.16 Å². The number of nitrogens with zero attached hydrogens (tertiary/aromatic N) is 5. The Morgan fingerprint density at radius 2 is 1.65 bits per heavy atom. The summed E-state index contributed by atoms with van der Waals surface area (Å²) in [5.41, 5.74) is -0.297. The highest BCUT2D eigenvalue weighted by Gasteiger charge is 2.26. The number of amides is 2. The molecule has 0 fully saturated rings. The minimum atomic E-state index is -0.331. The molecule has 0 atom stereocenters. The van der Waals surface area contributed by atoms with Crippen LogP contribution in [0.4, 0.5) is 9.59 Å². The van der Waals surface area contributed by atoms with Gasteiger partial charge in [0.25, 0.3) is 5.24 Å². The van der Waals surface area contributed by atoms with Crippen molar-refractivity contribution in [3.63, 3.8) is 0 Å². The SMILES string of the molecule is CN(C)C(=O)Sc1nc(C(C)(C)C)nn1C(=O)N(C)C. The number of thioether (sulfide) groups is 1. The number of hydrogen-bond acceptors (Lipinski definition) is 5. The lowest BCUT2D eigenvalue weighted by molar-refractivity contribution is 0.213. The summed E-state index contributed by atoms with van der Waals surface area (Å²) in [4.78, 5) is 31.1. The molecule has 0 saturated heterocycles. The number of carbonyl (C=O) groups is 2. The third kappa shape index (κ3) is 3.72. The van der Waals surface area contributed by atoms with Crippen LogP contribution in [0.5, 0.6) is 0 Å². The highest BCUT2D eigenvalue weighted by Crippen LogP contribution is 2.24. The summed E-state index contributed by atoms with van der Waals surface area (Å²) >= 11 is 0.890. The Balaban J connectivity index is 3.23. The van der Waals surface area contributed by atoms with Crippen LogP contribution < -0.4 is 0 Å². The fraction of sp³-hybridized carbons (Fsp3) is 0.667. The molecule has 8 heteroatoms. The molecule has 0 bridgehead atoms. The Bertz CT molecular complexity index is 516. The Morgan fingerprint density at radius 1 is 1.10 bits per heavy atom. The van der Waals surface area contributed by atoms with Gasteiger partial charge in [-0.05, 0) is 0 Å². The van der Waals surface area contributed by atoms with Gasteiger partial charge in [-0.25, -0.2) is 9.78 Å². The molecule has 0 aliphatic carbocycles. The molecule has 1 rings (SSSR count). The van der Waals surface area contributed by atoms with E-state index in [2.05, 4.69) is 10.1 Å². The van der Waals surface area contributed by atoms with Crippen molar-refractivity contribution in [1.29, 1.82) is 0 Å².